The second-order valence-corrected chi connectivity index (χ2v) is 8.98. The zero-order chi connectivity index (χ0) is 17.0. The lowest BCUT2D eigenvalue weighted by molar-refractivity contribution is 0.131. The highest BCUT2D eigenvalue weighted by molar-refractivity contribution is 8.00. The fourth-order valence-corrected chi connectivity index (χ4v) is 5.00. The molecule has 0 bridgehead atoms. The van der Waals surface area contributed by atoms with Gasteiger partial charge in [-0.1, -0.05) is 30.4 Å². The van der Waals surface area contributed by atoms with Crippen LogP contribution in [0.5, 0.6) is 5.75 Å². The number of benzene rings is 2. The number of allylic oxidation sites excluding steroid dienone is 4. The Balaban J connectivity index is 1.94. The second kappa shape index (κ2) is 7.31. The van der Waals surface area contributed by atoms with E-state index in [9.17, 15) is 0 Å². The molecule has 1 aliphatic rings. The Kier molecular flexibility index (Phi) is 5.15. The largest absolute Gasteiger partial charge is 0.488 e. The van der Waals surface area contributed by atoms with Crippen molar-refractivity contribution in [2.75, 3.05) is 0 Å². The molecule has 0 aliphatic heterocycles. The Morgan fingerprint density at radius 2 is 1.54 bits per heavy atom. The maximum Gasteiger partial charge on any atom is 0.166 e. The predicted octanol–water partition coefficient (Wildman–Crippen LogP) is 6.13. The van der Waals surface area contributed by atoms with Crippen LogP contribution >= 0.6 is 0 Å². The van der Waals surface area contributed by atoms with Gasteiger partial charge in [-0.3, -0.25) is 0 Å². The average Bonchev–Trinajstić information content (AvgIpc) is 2.57. The van der Waals surface area contributed by atoms with E-state index >= 15 is 0 Å². The summed E-state index contributed by atoms with van der Waals surface area (Å²) in [6.07, 6.45) is 9.00. The molecule has 0 fully saturated rings. The number of hydrogen-bond acceptors (Lipinski definition) is 1. The Labute approximate surface area is 148 Å². The fourth-order valence-electron chi connectivity index (χ4n) is 2.74. The summed E-state index contributed by atoms with van der Waals surface area (Å²) in [7, 11) is -0.0148. The highest BCUT2D eigenvalue weighted by Gasteiger charge is 2.30. The smallest absolute Gasteiger partial charge is 0.166 e. The summed E-state index contributed by atoms with van der Waals surface area (Å²) in [5, 5.41) is 0. The van der Waals surface area contributed by atoms with Crippen LogP contribution in [0.4, 0.5) is 0 Å². The molecule has 1 unspecified atom stereocenters. The van der Waals surface area contributed by atoms with Crippen molar-refractivity contribution in [3.63, 3.8) is 0 Å². The summed E-state index contributed by atoms with van der Waals surface area (Å²) in [4.78, 5) is 4.24. The lowest BCUT2D eigenvalue weighted by Gasteiger charge is -2.21. The van der Waals surface area contributed by atoms with Gasteiger partial charge in [-0.25, -0.2) is 0 Å². The molecule has 0 radical (unpaired) electrons. The van der Waals surface area contributed by atoms with Crippen molar-refractivity contribution in [3.05, 3.63) is 77.7 Å². The van der Waals surface area contributed by atoms with Crippen molar-refractivity contribution in [1.29, 1.82) is 0 Å². The van der Waals surface area contributed by atoms with Gasteiger partial charge in [-0.05, 0) is 69.7 Å². The average molecular weight is 338 g/mol. The maximum absolute atomic E-state index is 5.96. The van der Waals surface area contributed by atoms with E-state index in [1.54, 1.807) is 0 Å². The van der Waals surface area contributed by atoms with Gasteiger partial charge in [-0.2, -0.15) is 0 Å². The Bertz CT molecular complexity index is 721. The number of rotatable bonds is 4. The monoisotopic (exact) mass is 337 g/mol. The highest BCUT2D eigenvalue weighted by Crippen LogP contribution is 2.35. The van der Waals surface area contributed by atoms with Crippen molar-refractivity contribution in [2.45, 2.75) is 49.0 Å². The van der Waals surface area contributed by atoms with Gasteiger partial charge >= 0.3 is 0 Å². The minimum Gasteiger partial charge on any atom is -0.488 e. The van der Waals surface area contributed by atoms with Gasteiger partial charge in [0.25, 0.3) is 0 Å². The minimum absolute atomic E-state index is 0.0148. The molecule has 2 aromatic carbocycles. The molecular weight excluding hydrogens is 312 g/mol. The molecule has 1 nitrogen and oxygen atoms in total. The SMILES string of the molecule is CC(C)(C)Oc1ccc([S+](C2=CC=CCC2)c2ccccc2)cc1. The molecule has 124 valence electrons. The van der Waals surface area contributed by atoms with Gasteiger partial charge < -0.3 is 4.74 Å². The first-order chi connectivity index (χ1) is 11.5. The van der Waals surface area contributed by atoms with Gasteiger partial charge in [0, 0.05) is 6.42 Å². The van der Waals surface area contributed by atoms with E-state index in [1.807, 2.05) is 0 Å². The van der Waals surface area contributed by atoms with Gasteiger partial charge in [0.2, 0.25) is 0 Å². The van der Waals surface area contributed by atoms with Crippen molar-refractivity contribution in [2.24, 2.45) is 0 Å². The lowest BCUT2D eigenvalue weighted by atomic mass is 10.2. The van der Waals surface area contributed by atoms with E-state index in [2.05, 4.69) is 93.6 Å². The zero-order valence-corrected chi connectivity index (χ0v) is 15.5. The fraction of sp³-hybridized carbons (Fsp3) is 0.273. The van der Waals surface area contributed by atoms with Crippen molar-refractivity contribution < 1.29 is 4.74 Å². The van der Waals surface area contributed by atoms with E-state index in [0.717, 1.165) is 18.6 Å². The number of ether oxygens (including phenoxy) is 1. The third-order valence-electron chi connectivity index (χ3n) is 3.70. The van der Waals surface area contributed by atoms with E-state index < -0.39 is 0 Å². The molecule has 0 heterocycles. The van der Waals surface area contributed by atoms with Gasteiger partial charge in [0.15, 0.2) is 9.79 Å². The lowest BCUT2D eigenvalue weighted by Crippen LogP contribution is -2.22. The highest BCUT2D eigenvalue weighted by atomic mass is 32.2. The van der Waals surface area contributed by atoms with E-state index in [1.165, 1.54) is 14.7 Å². The first-order valence-electron chi connectivity index (χ1n) is 8.47. The summed E-state index contributed by atoms with van der Waals surface area (Å²) in [6.45, 7) is 6.23. The van der Waals surface area contributed by atoms with Crippen LogP contribution in [-0.4, -0.2) is 5.60 Å². The molecule has 0 spiro atoms. The molecule has 24 heavy (non-hydrogen) atoms. The topological polar surface area (TPSA) is 9.23 Å². The van der Waals surface area contributed by atoms with Crippen LogP contribution in [0.3, 0.4) is 0 Å². The number of hydrogen-bond donors (Lipinski definition) is 0. The molecule has 2 heteroatoms. The maximum atomic E-state index is 5.96. The van der Waals surface area contributed by atoms with Crippen LogP contribution in [0.2, 0.25) is 0 Å². The first-order valence-corrected chi connectivity index (χ1v) is 9.69. The van der Waals surface area contributed by atoms with Crippen LogP contribution in [0.1, 0.15) is 33.6 Å². The van der Waals surface area contributed by atoms with Crippen LogP contribution in [-0.2, 0) is 10.9 Å². The molecule has 0 N–H and O–H groups in total. The molecule has 0 saturated heterocycles. The van der Waals surface area contributed by atoms with E-state index in [-0.39, 0.29) is 16.5 Å². The third kappa shape index (κ3) is 4.33. The van der Waals surface area contributed by atoms with Crippen molar-refractivity contribution >= 4 is 10.9 Å². The Morgan fingerprint density at radius 3 is 2.12 bits per heavy atom. The summed E-state index contributed by atoms with van der Waals surface area (Å²) >= 11 is 0. The Hall–Kier alpha value is -1.93. The summed E-state index contributed by atoms with van der Waals surface area (Å²) < 4.78 is 5.96. The molecule has 0 amide bonds. The first kappa shape index (κ1) is 16.9. The molecule has 3 rings (SSSR count). The molecule has 0 aromatic heterocycles. The van der Waals surface area contributed by atoms with Crippen LogP contribution in [0.15, 0.2) is 87.5 Å². The Morgan fingerprint density at radius 1 is 0.875 bits per heavy atom. The third-order valence-corrected chi connectivity index (χ3v) is 6.05. The zero-order valence-electron chi connectivity index (χ0n) is 14.7. The van der Waals surface area contributed by atoms with E-state index in [0.29, 0.717) is 0 Å². The predicted molar refractivity (Wildman–Crippen MR) is 104 cm³/mol. The standard InChI is InChI=1S/C22H25OS/c1-22(2,3)23-18-14-16-21(17-15-18)24(19-10-6-4-7-11-19)20-12-8-5-9-13-20/h4-8,10-12,14-17H,9,13H2,1-3H3/q+1. The van der Waals surface area contributed by atoms with Crippen molar-refractivity contribution in [3.8, 4) is 5.75 Å². The van der Waals surface area contributed by atoms with Crippen LogP contribution in [0, 0.1) is 0 Å². The second-order valence-electron chi connectivity index (χ2n) is 6.90. The van der Waals surface area contributed by atoms with Crippen LogP contribution in [0.25, 0.3) is 0 Å². The molecule has 0 saturated carbocycles. The summed E-state index contributed by atoms with van der Waals surface area (Å²) in [5.41, 5.74) is -0.167. The molecule has 1 atom stereocenters. The summed E-state index contributed by atoms with van der Waals surface area (Å²) in [5.74, 6) is 0.931. The molecule has 2 aromatic rings. The normalized spacial score (nSPS) is 15.7. The van der Waals surface area contributed by atoms with Crippen molar-refractivity contribution in [1.82, 2.24) is 0 Å². The molecule has 1 aliphatic carbocycles. The molecular formula is C22H25OS+. The summed E-state index contributed by atoms with van der Waals surface area (Å²) in [6, 6.07) is 19.5. The van der Waals surface area contributed by atoms with Gasteiger partial charge in [0.05, 0.1) is 10.9 Å². The van der Waals surface area contributed by atoms with E-state index in [4.69, 9.17) is 4.74 Å². The van der Waals surface area contributed by atoms with Crippen LogP contribution < -0.4 is 4.74 Å². The van der Waals surface area contributed by atoms with Gasteiger partial charge in [-0.15, -0.1) is 0 Å². The van der Waals surface area contributed by atoms with Gasteiger partial charge in [0.1, 0.15) is 16.3 Å². The minimum atomic E-state index is -0.167. The quantitative estimate of drug-likeness (QED) is 0.609.